The number of carbonyl (C=O) groups is 1. The average Bonchev–Trinajstić information content (AvgIpc) is 2.93. The maximum absolute atomic E-state index is 14.3. The molecule has 2 aliphatic rings. The van der Waals surface area contributed by atoms with E-state index in [9.17, 15) is 18.7 Å². The summed E-state index contributed by atoms with van der Waals surface area (Å²) in [5.41, 5.74) is 0.106. The first kappa shape index (κ1) is 16.1. The van der Waals surface area contributed by atoms with Gasteiger partial charge in [0.15, 0.2) is 11.6 Å². The predicted octanol–water partition coefficient (Wildman–Crippen LogP) is 4.49. The third-order valence-corrected chi connectivity index (χ3v) is 5.66. The van der Waals surface area contributed by atoms with E-state index in [0.29, 0.717) is 11.1 Å². The fourth-order valence-corrected chi connectivity index (χ4v) is 4.52. The summed E-state index contributed by atoms with van der Waals surface area (Å²) < 4.78 is 28.0. The zero-order valence-electron chi connectivity index (χ0n) is 13.7. The molecule has 2 N–H and O–H groups in total. The number of halogens is 2. The Balaban J connectivity index is 1.98. The van der Waals surface area contributed by atoms with Crippen molar-refractivity contribution in [2.45, 2.75) is 37.5 Å². The normalized spacial score (nSPS) is 23.4. The maximum Gasteiger partial charge on any atom is 0.239 e. The Morgan fingerprint density at radius 1 is 1.00 bits per heavy atom. The van der Waals surface area contributed by atoms with Gasteiger partial charge < -0.3 is 10.4 Å². The number of fused-ring (bicyclic) bond motifs is 1. The minimum Gasteiger partial charge on any atom is -0.508 e. The van der Waals surface area contributed by atoms with Crippen LogP contribution in [0.5, 0.6) is 5.75 Å². The minimum absolute atomic E-state index is 0.0110. The van der Waals surface area contributed by atoms with Gasteiger partial charge in [0.25, 0.3) is 0 Å². The minimum atomic E-state index is -1.04. The van der Waals surface area contributed by atoms with Crippen molar-refractivity contribution in [1.29, 1.82) is 0 Å². The van der Waals surface area contributed by atoms with Gasteiger partial charge in [-0.3, -0.25) is 4.79 Å². The Labute approximate surface area is 144 Å². The summed E-state index contributed by atoms with van der Waals surface area (Å²) in [7, 11) is 0. The van der Waals surface area contributed by atoms with Crippen LogP contribution in [0.1, 0.15) is 43.2 Å². The molecular formula is C20H19F2NO2. The van der Waals surface area contributed by atoms with E-state index in [1.807, 2.05) is 0 Å². The summed E-state index contributed by atoms with van der Waals surface area (Å²) in [5.74, 6) is -2.18. The van der Waals surface area contributed by atoms with Crippen molar-refractivity contribution in [1.82, 2.24) is 0 Å². The largest absolute Gasteiger partial charge is 0.508 e. The molecule has 0 saturated heterocycles. The van der Waals surface area contributed by atoms with E-state index >= 15 is 0 Å². The molecule has 1 atom stereocenters. The highest BCUT2D eigenvalue weighted by molar-refractivity contribution is 6.09. The van der Waals surface area contributed by atoms with Crippen LogP contribution in [0, 0.1) is 17.6 Å². The molecule has 1 aliphatic carbocycles. The summed E-state index contributed by atoms with van der Waals surface area (Å²) in [6.07, 6.45) is 4.85. The third kappa shape index (κ3) is 2.25. The van der Waals surface area contributed by atoms with Crippen molar-refractivity contribution in [3.63, 3.8) is 0 Å². The van der Waals surface area contributed by atoms with Gasteiger partial charge in [0, 0.05) is 0 Å². The highest BCUT2D eigenvalue weighted by atomic mass is 19.2. The van der Waals surface area contributed by atoms with E-state index in [2.05, 4.69) is 5.32 Å². The predicted molar refractivity (Wildman–Crippen MR) is 90.4 cm³/mol. The smallest absolute Gasteiger partial charge is 0.239 e. The van der Waals surface area contributed by atoms with Gasteiger partial charge in [-0.1, -0.05) is 37.5 Å². The van der Waals surface area contributed by atoms with Crippen LogP contribution in [0.3, 0.4) is 0 Å². The standard InChI is InChI=1S/C20H19F2NO2/c21-16-11-10-15-18(17(16)22)23-19(25)20(15,12-4-2-1-3-5-12)13-6-8-14(24)9-7-13/h6-12,24H,1-5H2,(H,23,25)/t20-/m1/s1. The number of carbonyl (C=O) groups excluding carboxylic acids is 1. The van der Waals surface area contributed by atoms with Crippen LogP contribution in [-0.2, 0) is 10.2 Å². The Hall–Kier alpha value is -2.43. The summed E-state index contributed by atoms with van der Waals surface area (Å²) in [6, 6.07) is 9.09. The van der Waals surface area contributed by atoms with Crippen molar-refractivity contribution >= 4 is 11.6 Å². The van der Waals surface area contributed by atoms with Crippen molar-refractivity contribution < 1.29 is 18.7 Å². The second-order valence-electron chi connectivity index (χ2n) is 6.93. The molecule has 130 valence electrons. The Kier molecular flexibility index (Phi) is 3.74. The molecule has 1 amide bonds. The molecule has 1 heterocycles. The molecule has 25 heavy (non-hydrogen) atoms. The first-order valence-electron chi connectivity index (χ1n) is 8.64. The quantitative estimate of drug-likeness (QED) is 0.844. The molecule has 0 unspecified atom stereocenters. The molecular weight excluding hydrogens is 324 g/mol. The molecule has 1 aliphatic heterocycles. The van der Waals surface area contributed by atoms with Gasteiger partial charge in [-0.25, -0.2) is 8.78 Å². The number of nitrogens with one attached hydrogen (secondary N) is 1. The zero-order chi connectivity index (χ0) is 17.6. The van der Waals surface area contributed by atoms with Gasteiger partial charge in [-0.05, 0) is 48.1 Å². The highest BCUT2D eigenvalue weighted by Gasteiger charge is 2.54. The summed E-state index contributed by atoms with van der Waals surface area (Å²) in [6.45, 7) is 0. The molecule has 4 rings (SSSR count). The van der Waals surface area contributed by atoms with Crippen LogP contribution < -0.4 is 5.32 Å². The van der Waals surface area contributed by atoms with Crippen molar-refractivity contribution in [2.24, 2.45) is 5.92 Å². The van der Waals surface area contributed by atoms with Crippen LogP contribution in [0.4, 0.5) is 14.5 Å². The monoisotopic (exact) mass is 343 g/mol. The van der Waals surface area contributed by atoms with Gasteiger partial charge in [0.05, 0.1) is 5.69 Å². The van der Waals surface area contributed by atoms with Crippen molar-refractivity contribution in [2.75, 3.05) is 5.32 Å². The number of rotatable bonds is 2. The highest BCUT2D eigenvalue weighted by Crippen LogP contribution is 2.53. The molecule has 5 heteroatoms. The van der Waals surface area contributed by atoms with Crippen molar-refractivity contribution in [3.8, 4) is 5.75 Å². The molecule has 0 spiro atoms. The fraction of sp³-hybridized carbons (Fsp3) is 0.350. The zero-order valence-corrected chi connectivity index (χ0v) is 13.7. The summed E-state index contributed by atoms with van der Waals surface area (Å²) in [4.78, 5) is 13.1. The fourth-order valence-electron chi connectivity index (χ4n) is 4.52. The first-order chi connectivity index (χ1) is 12.0. The van der Waals surface area contributed by atoms with Crippen LogP contribution in [0.2, 0.25) is 0 Å². The SMILES string of the molecule is O=C1Nc2c(ccc(F)c2F)[C@]1(c1ccc(O)cc1)C1CCCCC1. The van der Waals surface area contributed by atoms with E-state index < -0.39 is 17.0 Å². The van der Waals surface area contributed by atoms with Gasteiger partial charge in [0.1, 0.15) is 11.2 Å². The van der Waals surface area contributed by atoms with E-state index in [-0.39, 0.29) is 23.3 Å². The first-order valence-corrected chi connectivity index (χ1v) is 8.64. The Bertz CT molecular complexity index is 828. The summed E-state index contributed by atoms with van der Waals surface area (Å²) in [5, 5.41) is 12.2. The molecule has 3 nitrogen and oxygen atoms in total. The Morgan fingerprint density at radius 3 is 2.36 bits per heavy atom. The topological polar surface area (TPSA) is 49.3 Å². The molecule has 0 bridgehead atoms. The van der Waals surface area contributed by atoms with Crippen LogP contribution >= 0.6 is 0 Å². The van der Waals surface area contributed by atoms with E-state index in [0.717, 1.165) is 38.2 Å². The van der Waals surface area contributed by atoms with Gasteiger partial charge >= 0.3 is 0 Å². The van der Waals surface area contributed by atoms with Gasteiger partial charge in [0.2, 0.25) is 5.91 Å². The average molecular weight is 343 g/mol. The number of phenols is 1. The van der Waals surface area contributed by atoms with Gasteiger partial charge in [-0.15, -0.1) is 0 Å². The van der Waals surface area contributed by atoms with Crippen LogP contribution in [0.15, 0.2) is 36.4 Å². The third-order valence-electron chi connectivity index (χ3n) is 5.66. The second-order valence-corrected chi connectivity index (χ2v) is 6.93. The van der Waals surface area contributed by atoms with Crippen LogP contribution in [-0.4, -0.2) is 11.0 Å². The number of hydrogen-bond donors (Lipinski definition) is 2. The lowest BCUT2D eigenvalue weighted by atomic mass is 9.62. The molecule has 0 radical (unpaired) electrons. The lowest BCUT2D eigenvalue weighted by molar-refractivity contribution is -0.121. The summed E-state index contributed by atoms with van der Waals surface area (Å²) >= 11 is 0. The number of amides is 1. The molecule has 2 aromatic carbocycles. The number of benzene rings is 2. The Morgan fingerprint density at radius 2 is 1.68 bits per heavy atom. The van der Waals surface area contributed by atoms with E-state index in [4.69, 9.17) is 0 Å². The molecule has 0 aromatic heterocycles. The number of phenolic OH excluding ortho intramolecular Hbond substituents is 1. The molecule has 1 saturated carbocycles. The second kappa shape index (κ2) is 5.83. The maximum atomic E-state index is 14.3. The van der Waals surface area contributed by atoms with Crippen molar-refractivity contribution in [3.05, 3.63) is 59.2 Å². The number of anilines is 1. The lowest BCUT2D eigenvalue weighted by Gasteiger charge is -2.39. The number of aromatic hydroxyl groups is 1. The van der Waals surface area contributed by atoms with E-state index in [1.165, 1.54) is 18.2 Å². The molecule has 1 fully saturated rings. The number of hydrogen-bond acceptors (Lipinski definition) is 2. The van der Waals surface area contributed by atoms with Crippen LogP contribution in [0.25, 0.3) is 0 Å². The van der Waals surface area contributed by atoms with E-state index in [1.54, 1.807) is 12.1 Å². The molecule has 2 aromatic rings. The van der Waals surface area contributed by atoms with Gasteiger partial charge in [-0.2, -0.15) is 0 Å². The lowest BCUT2D eigenvalue weighted by Crippen LogP contribution is -2.43.